The van der Waals surface area contributed by atoms with Gasteiger partial charge in [0.25, 0.3) is 0 Å². The number of aromatic nitrogens is 2. The number of aryl methyl sites for hydroxylation is 2. The minimum absolute atomic E-state index is 0.0480. The monoisotopic (exact) mass is 304 g/mol. The Morgan fingerprint density at radius 1 is 1.50 bits per heavy atom. The van der Waals surface area contributed by atoms with Crippen molar-refractivity contribution in [3.8, 4) is 5.75 Å². The summed E-state index contributed by atoms with van der Waals surface area (Å²) in [4.78, 5) is 22.1. The van der Waals surface area contributed by atoms with E-state index in [-0.39, 0.29) is 24.6 Å². The molecular weight excluding hydrogens is 288 g/mol. The topological polar surface area (TPSA) is 99.3 Å². The van der Waals surface area contributed by atoms with Crippen LogP contribution in [0.3, 0.4) is 0 Å². The molecule has 2 aromatic rings. The van der Waals surface area contributed by atoms with Gasteiger partial charge in [-0.05, 0) is 19.1 Å². The molecule has 0 aliphatic carbocycles. The van der Waals surface area contributed by atoms with Crippen molar-refractivity contribution in [1.29, 1.82) is 0 Å². The van der Waals surface area contributed by atoms with Gasteiger partial charge in [0.05, 0.1) is 12.0 Å². The van der Waals surface area contributed by atoms with Gasteiger partial charge in [-0.25, -0.2) is 0 Å². The van der Waals surface area contributed by atoms with Crippen LogP contribution in [0.5, 0.6) is 5.75 Å². The fourth-order valence-electron chi connectivity index (χ4n) is 1.94. The van der Waals surface area contributed by atoms with Crippen LogP contribution < -0.4 is 10.1 Å². The van der Waals surface area contributed by atoms with Crippen molar-refractivity contribution in [2.45, 2.75) is 19.9 Å². The Labute approximate surface area is 126 Å². The van der Waals surface area contributed by atoms with Gasteiger partial charge in [0.2, 0.25) is 5.91 Å². The Morgan fingerprint density at radius 2 is 2.27 bits per heavy atom. The lowest BCUT2D eigenvalue weighted by atomic mass is 10.3. The number of ether oxygens (including phenoxy) is 1. The molecule has 0 radical (unpaired) electrons. The summed E-state index contributed by atoms with van der Waals surface area (Å²) in [7, 11) is 1.55. The van der Waals surface area contributed by atoms with E-state index in [4.69, 9.17) is 4.74 Å². The Morgan fingerprint density at radius 3 is 2.91 bits per heavy atom. The van der Waals surface area contributed by atoms with Crippen LogP contribution in [0.25, 0.3) is 0 Å². The van der Waals surface area contributed by atoms with Crippen LogP contribution in [0.2, 0.25) is 0 Å². The van der Waals surface area contributed by atoms with Crippen molar-refractivity contribution in [1.82, 2.24) is 9.78 Å². The van der Waals surface area contributed by atoms with E-state index >= 15 is 0 Å². The maximum atomic E-state index is 11.9. The molecule has 8 heteroatoms. The number of hydrogen-bond donors (Lipinski definition) is 1. The normalized spacial score (nSPS) is 10.3. The van der Waals surface area contributed by atoms with E-state index in [0.717, 1.165) is 0 Å². The number of amides is 1. The molecule has 22 heavy (non-hydrogen) atoms. The summed E-state index contributed by atoms with van der Waals surface area (Å²) in [6, 6.07) is 7.01. The van der Waals surface area contributed by atoms with Crippen LogP contribution in [0, 0.1) is 17.0 Å². The molecule has 116 valence electrons. The zero-order valence-electron chi connectivity index (χ0n) is 12.3. The molecule has 0 atom stereocenters. The van der Waals surface area contributed by atoms with Crippen LogP contribution in [-0.4, -0.2) is 27.7 Å². The number of nitro groups is 1. The third-order valence-electron chi connectivity index (χ3n) is 3.04. The van der Waals surface area contributed by atoms with Gasteiger partial charge in [-0.2, -0.15) is 5.10 Å². The molecule has 1 aromatic carbocycles. The van der Waals surface area contributed by atoms with Crippen molar-refractivity contribution < 1.29 is 14.5 Å². The summed E-state index contributed by atoms with van der Waals surface area (Å²) in [5.74, 6) is 0.445. The number of carbonyl (C=O) groups excluding carboxylic acids is 1. The molecular formula is C14H16N4O4. The number of carbonyl (C=O) groups is 1. The molecule has 0 saturated carbocycles. The molecule has 0 fully saturated rings. The highest BCUT2D eigenvalue weighted by atomic mass is 16.6. The zero-order valence-corrected chi connectivity index (χ0v) is 12.3. The first-order chi connectivity index (χ1) is 10.5. The largest absolute Gasteiger partial charge is 0.497 e. The highest BCUT2D eigenvalue weighted by molar-refractivity contribution is 5.90. The summed E-state index contributed by atoms with van der Waals surface area (Å²) in [5, 5.41) is 17.5. The summed E-state index contributed by atoms with van der Waals surface area (Å²) >= 11 is 0. The van der Waals surface area contributed by atoms with E-state index in [1.807, 2.05) is 0 Å². The number of hydrogen-bond acceptors (Lipinski definition) is 5. The molecule has 8 nitrogen and oxygen atoms in total. The van der Waals surface area contributed by atoms with Gasteiger partial charge in [0.15, 0.2) is 0 Å². The number of benzene rings is 1. The first kappa shape index (κ1) is 15.5. The molecule has 1 heterocycles. The number of nitrogens with zero attached hydrogens (tertiary/aromatic N) is 3. The first-order valence-electron chi connectivity index (χ1n) is 6.62. The van der Waals surface area contributed by atoms with Crippen LogP contribution >= 0.6 is 0 Å². The lowest BCUT2D eigenvalue weighted by molar-refractivity contribution is -0.385. The summed E-state index contributed by atoms with van der Waals surface area (Å²) in [6.45, 7) is 1.83. The van der Waals surface area contributed by atoms with Gasteiger partial charge in [-0.3, -0.25) is 19.6 Å². The van der Waals surface area contributed by atoms with Crippen molar-refractivity contribution >= 4 is 17.3 Å². The summed E-state index contributed by atoms with van der Waals surface area (Å²) < 4.78 is 6.48. The SMILES string of the molecule is COc1cccc(NC(=O)CCn2cc([N+](=O)[O-])c(C)n2)c1. The van der Waals surface area contributed by atoms with Gasteiger partial charge in [0, 0.05) is 24.7 Å². The third-order valence-corrected chi connectivity index (χ3v) is 3.04. The van der Waals surface area contributed by atoms with Gasteiger partial charge in [-0.1, -0.05) is 6.07 Å². The molecule has 0 bridgehead atoms. The van der Waals surface area contributed by atoms with Gasteiger partial charge >= 0.3 is 5.69 Å². The van der Waals surface area contributed by atoms with E-state index in [1.165, 1.54) is 10.9 Å². The van der Waals surface area contributed by atoms with Gasteiger partial charge < -0.3 is 10.1 Å². The summed E-state index contributed by atoms with van der Waals surface area (Å²) in [5.41, 5.74) is 0.915. The van der Waals surface area contributed by atoms with Crippen molar-refractivity contribution in [3.05, 3.63) is 46.3 Å². The second kappa shape index (κ2) is 6.70. The number of methoxy groups -OCH3 is 1. The van der Waals surface area contributed by atoms with Crippen LogP contribution in [0.15, 0.2) is 30.5 Å². The van der Waals surface area contributed by atoms with E-state index < -0.39 is 4.92 Å². The Kier molecular flexibility index (Phi) is 4.72. The molecule has 1 aromatic heterocycles. The molecule has 0 saturated heterocycles. The Bertz CT molecular complexity index is 696. The van der Waals surface area contributed by atoms with E-state index in [9.17, 15) is 14.9 Å². The molecule has 1 N–H and O–H groups in total. The van der Waals surface area contributed by atoms with E-state index in [2.05, 4.69) is 10.4 Å². The Balaban J connectivity index is 1.92. The van der Waals surface area contributed by atoms with Crippen molar-refractivity contribution in [2.75, 3.05) is 12.4 Å². The van der Waals surface area contributed by atoms with Crippen molar-refractivity contribution in [2.24, 2.45) is 0 Å². The maximum absolute atomic E-state index is 11.9. The van der Waals surface area contributed by atoms with Crippen LogP contribution in [-0.2, 0) is 11.3 Å². The Hall–Kier alpha value is -2.90. The highest BCUT2D eigenvalue weighted by Gasteiger charge is 2.15. The van der Waals surface area contributed by atoms with E-state index in [1.54, 1.807) is 38.3 Å². The molecule has 0 aliphatic heterocycles. The minimum atomic E-state index is -0.491. The molecule has 0 spiro atoms. The predicted molar refractivity (Wildman–Crippen MR) is 79.9 cm³/mol. The maximum Gasteiger partial charge on any atom is 0.309 e. The first-order valence-corrected chi connectivity index (χ1v) is 6.62. The van der Waals surface area contributed by atoms with Crippen molar-refractivity contribution in [3.63, 3.8) is 0 Å². The zero-order chi connectivity index (χ0) is 16.1. The van der Waals surface area contributed by atoms with Crippen LogP contribution in [0.4, 0.5) is 11.4 Å². The molecule has 2 rings (SSSR count). The molecule has 0 aliphatic rings. The van der Waals surface area contributed by atoms with Gasteiger partial charge in [0.1, 0.15) is 17.6 Å². The van der Waals surface area contributed by atoms with Gasteiger partial charge in [-0.15, -0.1) is 0 Å². The quantitative estimate of drug-likeness (QED) is 0.651. The predicted octanol–water partition coefficient (Wildman–Crippen LogP) is 2.14. The molecule has 0 unspecified atom stereocenters. The standard InChI is InChI=1S/C14H16N4O4/c1-10-13(18(20)21)9-17(16-10)7-6-14(19)15-11-4-3-5-12(8-11)22-2/h3-5,8-9H,6-7H2,1-2H3,(H,15,19). The fraction of sp³-hybridized carbons (Fsp3) is 0.286. The smallest absolute Gasteiger partial charge is 0.309 e. The summed E-state index contributed by atoms with van der Waals surface area (Å²) in [6.07, 6.45) is 1.49. The minimum Gasteiger partial charge on any atom is -0.497 e. The second-order valence-electron chi connectivity index (χ2n) is 4.65. The number of anilines is 1. The van der Waals surface area contributed by atoms with E-state index in [0.29, 0.717) is 17.1 Å². The second-order valence-corrected chi connectivity index (χ2v) is 4.65. The van der Waals surface area contributed by atoms with Crippen LogP contribution in [0.1, 0.15) is 12.1 Å². The lowest BCUT2D eigenvalue weighted by Gasteiger charge is -2.07. The lowest BCUT2D eigenvalue weighted by Crippen LogP contribution is -2.14. The molecule has 1 amide bonds. The number of nitrogens with one attached hydrogen (secondary N) is 1. The fourth-order valence-corrected chi connectivity index (χ4v) is 1.94. The highest BCUT2D eigenvalue weighted by Crippen LogP contribution is 2.17. The third kappa shape index (κ3) is 3.81. The average molecular weight is 304 g/mol. The number of rotatable bonds is 6. The average Bonchev–Trinajstić information content (AvgIpc) is 2.86.